The van der Waals surface area contributed by atoms with Gasteiger partial charge in [0.25, 0.3) is 5.91 Å². The van der Waals surface area contributed by atoms with Crippen LogP contribution in [0.15, 0.2) is 41.5 Å². The molecule has 4 heterocycles. The van der Waals surface area contributed by atoms with E-state index in [9.17, 15) is 4.79 Å². The second kappa shape index (κ2) is 9.94. The number of carbonyl (C=O) groups is 1. The normalized spacial score (nSPS) is 19.7. The Hall–Kier alpha value is -2.88. The van der Waals surface area contributed by atoms with Gasteiger partial charge >= 0.3 is 0 Å². The van der Waals surface area contributed by atoms with Gasteiger partial charge in [0, 0.05) is 65.4 Å². The third kappa shape index (κ3) is 5.21. The first-order valence-corrected chi connectivity index (χ1v) is 11.6. The first-order chi connectivity index (χ1) is 16.2. The monoisotopic (exact) mass is 453 g/mol. The predicted molar refractivity (Wildman–Crippen MR) is 122 cm³/mol. The van der Waals surface area contributed by atoms with E-state index < -0.39 is 0 Å². The highest BCUT2D eigenvalue weighted by atomic mass is 16.7. The Morgan fingerprint density at radius 3 is 2.39 bits per heavy atom. The molecule has 3 aliphatic rings. The molecule has 1 aromatic heterocycles. The number of nitrogens with zero attached hydrogens (tertiary/aromatic N) is 5. The third-order valence-electron chi connectivity index (χ3n) is 6.48. The van der Waals surface area contributed by atoms with Crippen molar-refractivity contribution in [2.75, 3.05) is 65.7 Å². The summed E-state index contributed by atoms with van der Waals surface area (Å²) in [6.07, 6.45) is 3.41. The largest absolute Gasteiger partial charge is 0.454 e. The lowest BCUT2D eigenvalue weighted by atomic mass is 10.1. The molecule has 2 saturated heterocycles. The van der Waals surface area contributed by atoms with Gasteiger partial charge in [-0.2, -0.15) is 0 Å². The van der Waals surface area contributed by atoms with Crippen molar-refractivity contribution in [3.63, 3.8) is 0 Å². The number of ether oxygens (including phenoxy) is 2. The fourth-order valence-electron chi connectivity index (χ4n) is 4.55. The molecule has 0 unspecified atom stereocenters. The van der Waals surface area contributed by atoms with Gasteiger partial charge < -0.3 is 18.8 Å². The zero-order chi connectivity index (χ0) is 22.6. The maximum absolute atomic E-state index is 12.8. The summed E-state index contributed by atoms with van der Waals surface area (Å²) in [6.45, 7) is 13.4. The van der Waals surface area contributed by atoms with Crippen molar-refractivity contribution < 1.29 is 18.7 Å². The maximum atomic E-state index is 12.8. The molecule has 2 aromatic rings. The molecule has 0 N–H and O–H groups in total. The Kier molecular flexibility index (Phi) is 6.61. The zero-order valence-corrected chi connectivity index (χ0v) is 18.9. The van der Waals surface area contributed by atoms with Crippen LogP contribution in [0, 0.1) is 0 Å². The molecule has 1 aromatic carbocycles. The SMILES string of the molecule is C=CCN1CCN(C(=O)c2coc(CN3CCN(Cc4ccc5c(c4)OCO5)CC3)n2)CC1. The van der Waals surface area contributed by atoms with Gasteiger partial charge in [0.1, 0.15) is 6.26 Å². The molecule has 1 amide bonds. The van der Waals surface area contributed by atoms with Crippen molar-refractivity contribution in [1.29, 1.82) is 0 Å². The van der Waals surface area contributed by atoms with Gasteiger partial charge in [0.15, 0.2) is 17.2 Å². The first kappa shape index (κ1) is 21.9. The molecule has 176 valence electrons. The van der Waals surface area contributed by atoms with Crippen LogP contribution in [0.1, 0.15) is 21.9 Å². The van der Waals surface area contributed by atoms with Crippen LogP contribution in [0.2, 0.25) is 0 Å². The van der Waals surface area contributed by atoms with Crippen molar-refractivity contribution in [3.8, 4) is 11.5 Å². The van der Waals surface area contributed by atoms with E-state index in [-0.39, 0.29) is 5.91 Å². The summed E-state index contributed by atoms with van der Waals surface area (Å²) < 4.78 is 16.5. The molecule has 0 radical (unpaired) electrons. The number of aromatic nitrogens is 1. The first-order valence-electron chi connectivity index (χ1n) is 11.6. The number of piperazine rings is 2. The molecule has 5 rings (SSSR count). The molecule has 9 nitrogen and oxygen atoms in total. The summed E-state index contributed by atoms with van der Waals surface area (Å²) in [5.41, 5.74) is 1.64. The molecule has 0 bridgehead atoms. The molecular weight excluding hydrogens is 422 g/mol. The molecule has 0 aliphatic carbocycles. The number of carbonyl (C=O) groups excluding carboxylic acids is 1. The molecule has 0 spiro atoms. The molecule has 9 heteroatoms. The van der Waals surface area contributed by atoms with E-state index in [2.05, 4.69) is 38.4 Å². The topological polar surface area (TPSA) is 74.5 Å². The van der Waals surface area contributed by atoms with E-state index in [4.69, 9.17) is 13.9 Å². The lowest BCUT2D eigenvalue weighted by molar-refractivity contribution is 0.0644. The van der Waals surface area contributed by atoms with Crippen molar-refractivity contribution >= 4 is 5.91 Å². The van der Waals surface area contributed by atoms with Crippen LogP contribution in [0.25, 0.3) is 0 Å². The Bertz CT molecular complexity index is 977. The fraction of sp³-hybridized carbons (Fsp3) is 0.500. The van der Waals surface area contributed by atoms with Crippen LogP contribution in [0.3, 0.4) is 0 Å². The third-order valence-corrected chi connectivity index (χ3v) is 6.48. The van der Waals surface area contributed by atoms with Crippen LogP contribution < -0.4 is 9.47 Å². The number of rotatable bonds is 7. The van der Waals surface area contributed by atoms with Gasteiger partial charge in [0.05, 0.1) is 6.54 Å². The number of oxazole rings is 1. The second-order valence-corrected chi connectivity index (χ2v) is 8.75. The van der Waals surface area contributed by atoms with Crippen molar-refractivity contribution in [1.82, 2.24) is 24.6 Å². The van der Waals surface area contributed by atoms with Crippen molar-refractivity contribution in [2.45, 2.75) is 13.1 Å². The van der Waals surface area contributed by atoms with E-state index in [0.717, 1.165) is 63.9 Å². The summed E-state index contributed by atoms with van der Waals surface area (Å²) in [6, 6.07) is 6.15. The molecule has 0 atom stereocenters. The lowest BCUT2D eigenvalue weighted by Crippen LogP contribution is -2.48. The number of fused-ring (bicyclic) bond motifs is 1. The Labute approximate surface area is 194 Å². The molecule has 0 saturated carbocycles. The lowest BCUT2D eigenvalue weighted by Gasteiger charge is -2.34. The summed E-state index contributed by atoms with van der Waals surface area (Å²) in [5, 5.41) is 0. The highest BCUT2D eigenvalue weighted by molar-refractivity contribution is 5.92. The summed E-state index contributed by atoms with van der Waals surface area (Å²) in [7, 11) is 0. The smallest absolute Gasteiger partial charge is 0.275 e. The highest BCUT2D eigenvalue weighted by Crippen LogP contribution is 2.32. The van der Waals surface area contributed by atoms with E-state index in [1.54, 1.807) is 0 Å². The average Bonchev–Trinajstić information content (AvgIpc) is 3.50. The summed E-state index contributed by atoms with van der Waals surface area (Å²) >= 11 is 0. The minimum atomic E-state index is -0.0446. The Morgan fingerprint density at radius 1 is 0.939 bits per heavy atom. The van der Waals surface area contributed by atoms with Gasteiger partial charge in [-0.25, -0.2) is 4.98 Å². The van der Waals surface area contributed by atoms with Gasteiger partial charge in [-0.1, -0.05) is 12.1 Å². The summed E-state index contributed by atoms with van der Waals surface area (Å²) in [5.74, 6) is 2.21. The Balaban J connectivity index is 1.08. The highest BCUT2D eigenvalue weighted by Gasteiger charge is 2.25. The second-order valence-electron chi connectivity index (χ2n) is 8.75. The van der Waals surface area contributed by atoms with E-state index in [1.165, 1.54) is 11.8 Å². The Morgan fingerprint density at radius 2 is 1.64 bits per heavy atom. The number of hydrogen-bond acceptors (Lipinski definition) is 8. The molecular formula is C24H31N5O4. The van der Waals surface area contributed by atoms with Crippen LogP contribution in [0.4, 0.5) is 0 Å². The van der Waals surface area contributed by atoms with Crippen molar-refractivity contribution in [3.05, 3.63) is 54.3 Å². The maximum Gasteiger partial charge on any atom is 0.275 e. The zero-order valence-electron chi connectivity index (χ0n) is 18.9. The fourth-order valence-corrected chi connectivity index (χ4v) is 4.55. The summed E-state index contributed by atoms with van der Waals surface area (Å²) in [4.78, 5) is 26.2. The number of benzene rings is 1. The van der Waals surface area contributed by atoms with Crippen LogP contribution in [-0.4, -0.2) is 96.2 Å². The molecule has 33 heavy (non-hydrogen) atoms. The number of hydrogen-bond donors (Lipinski definition) is 0. The van der Waals surface area contributed by atoms with Gasteiger partial charge in [-0.3, -0.25) is 19.5 Å². The van der Waals surface area contributed by atoms with Crippen molar-refractivity contribution in [2.24, 2.45) is 0 Å². The average molecular weight is 454 g/mol. The quantitative estimate of drug-likeness (QED) is 0.586. The van der Waals surface area contributed by atoms with Crippen LogP contribution >= 0.6 is 0 Å². The van der Waals surface area contributed by atoms with Crippen LogP contribution in [0.5, 0.6) is 11.5 Å². The molecule has 2 fully saturated rings. The van der Waals surface area contributed by atoms with Gasteiger partial charge in [-0.15, -0.1) is 6.58 Å². The minimum absolute atomic E-state index is 0.0446. The minimum Gasteiger partial charge on any atom is -0.454 e. The molecule has 3 aliphatic heterocycles. The van der Waals surface area contributed by atoms with E-state index >= 15 is 0 Å². The predicted octanol–water partition coefficient (Wildman–Crippen LogP) is 1.66. The van der Waals surface area contributed by atoms with Gasteiger partial charge in [-0.05, 0) is 17.7 Å². The van der Waals surface area contributed by atoms with Gasteiger partial charge in [0.2, 0.25) is 12.7 Å². The van der Waals surface area contributed by atoms with Crippen LogP contribution in [-0.2, 0) is 13.1 Å². The van der Waals surface area contributed by atoms with E-state index in [0.29, 0.717) is 38.0 Å². The standard InChI is InChI=1S/C24H31N5O4/c1-2-5-26-10-12-29(13-11-26)24(30)20-17-31-23(25-20)16-28-8-6-27(7-9-28)15-19-3-4-21-22(14-19)33-18-32-21/h2-4,14,17H,1,5-13,15-16,18H2. The number of amides is 1. The van der Waals surface area contributed by atoms with E-state index in [1.807, 2.05) is 17.0 Å².